The van der Waals surface area contributed by atoms with E-state index < -0.39 is 0 Å². The first-order chi connectivity index (χ1) is 13.7. The number of hydrogen-bond acceptors (Lipinski definition) is 3. The lowest BCUT2D eigenvalue weighted by molar-refractivity contribution is -0.116. The molecular formula is C23H22N4O. The number of imidazole rings is 1. The lowest BCUT2D eigenvalue weighted by Crippen LogP contribution is -2.20. The van der Waals surface area contributed by atoms with Gasteiger partial charge in [0.25, 0.3) is 0 Å². The highest BCUT2D eigenvalue weighted by Gasteiger charge is 2.14. The van der Waals surface area contributed by atoms with Gasteiger partial charge in [-0.05, 0) is 36.2 Å². The fourth-order valence-corrected chi connectivity index (χ4v) is 3.19. The van der Waals surface area contributed by atoms with Crippen LogP contribution in [0.15, 0.2) is 78.9 Å². The monoisotopic (exact) mass is 370 g/mol. The number of amides is 1. The molecule has 0 aliphatic heterocycles. The van der Waals surface area contributed by atoms with Gasteiger partial charge in [0.05, 0.1) is 11.0 Å². The summed E-state index contributed by atoms with van der Waals surface area (Å²) in [6.45, 7) is 2.81. The van der Waals surface area contributed by atoms with Gasteiger partial charge in [-0.2, -0.15) is 0 Å². The summed E-state index contributed by atoms with van der Waals surface area (Å²) in [7, 11) is 0. The van der Waals surface area contributed by atoms with E-state index in [1.807, 2.05) is 78.2 Å². The van der Waals surface area contributed by atoms with Crippen LogP contribution in [0.25, 0.3) is 11.0 Å². The third kappa shape index (κ3) is 3.88. The minimum atomic E-state index is -0.0831. The van der Waals surface area contributed by atoms with E-state index in [2.05, 4.69) is 27.8 Å². The van der Waals surface area contributed by atoms with Gasteiger partial charge in [0.2, 0.25) is 11.9 Å². The Bertz CT molecular complexity index is 1100. The maximum Gasteiger partial charge on any atom is 0.244 e. The van der Waals surface area contributed by atoms with Crippen LogP contribution in [-0.2, 0) is 17.9 Å². The molecule has 1 heterocycles. The molecule has 140 valence electrons. The van der Waals surface area contributed by atoms with Crippen molar-refractivity contribution in [1.82, 2.24) is 9.55 Å². The predicted molar refractivity (Wildman–Crippen MR) is 113 cm³/mol. The smallest absolute Gasteiger partial charge is 0.244 e. The van der Waals surface area contributed by atoms with Gasteiger partial charge in [0, 0.05) is 12.2 Å². The molecule has 0 aliphatic rings. The number of aromatic nitrogens is 2. The second-order valence-corrected chi connectivity index (χ2v) is 6.71. The summed E-state index contributed by atoms with van der Waals surface area (Å²) >= 11 is 0. The molecule has 0 saturated carbocycles. The Morgan fingerprint density at radius 3 is 2.46 bits per heavy atom. The number of nitrogens with one attached hydrogen (secondary N) is 2. The second-order valence-electron chi connectivity index (χ2n) is 6.71. The molecule has 4 aromatic rings. The van der Waals surface area contributed by atoms with Crippen molar-refractivity contribution in [1.29, 1.82) is 0 Å². The van der Waals surface area contributed by atoms with Gasteiger partial charge in [0.15, 0.2) is 0 Å². The highest BCUT2D eigenvalue weighted by atomic mass is 16.2. The number of carbonyl (C=O) groups is 1. The van der Waals surface area contributed by atoms with Crippen LogP contribution in [-0.4, -0.2) is 15.5 Å². The molecule has 0 saturated heterocycles. The molecule has 4 rings (SSSR count). The molecule has 0 radical (unpaired) electrons. The van der Waals surface area contributed by atoms with E-state index in [1.54, 1.807) is 0 Å². The van der Waals surface area contributed by atoms with E-state index in [0.717, 1.165) is 27.8 Å². The van der Waals surface area contributed by atoms with Crippen molar-refractivity contribution in [2.24, 2.45) is 0 Å². The van der Waals surface area contributed by atoms with Crippen LogP contribution in [0.2, 0.25) is 0 Å². The van der Waals surface area contributed by atoms with Crippen LogP contribution >= 0.6 is 0 Å². The molecule has 5 nitrogen and oxygen atoms in total. The maximum atomic E-state index is 12.7. The Morgan fingerprint density at radius 1 is 0.929 bits per heavy atom. The van der Waals surface area contributed by atoms with Crippen LogP contribution in [0.3, 0.4) is 0 Å². The number of aryl methyl sites for hydroxylation is 1. The molecular weight excluding hydrogens is 348 g/mol. The standard InChI is InChI=1S/C23H22N4O/c1-17-9-5-6-12-19(17)25-22(28)16-27-21-14-8-7-13-20(21)26-23(27)24-15-18-10-3-2-4-11-18/h2-14H,15-16H2,1H3,(H,24,26)(H,25,28). The SMILES string of the molecule is Cc1ccccc1NC(=O)Cn1c(NCc2ccccc2)nc2ccccc21. The minimum absolute atomic E-state index is 0.0831. The summed E-state index contributed by atoms with van der Waals surface area (Å²) in [6, 6.07) is 25.8. The van der Waals surface area contributed by atoms with Gasteiger partial charge in [-0.25, -0.2) is 4.98 Å². The van der Waals surface area contributed by atoms with Gasteiger partial charge in [-0.3, -0.25) is 4.79 Å². The van der Waals surface area contributed by atoms with Crippen LogP contribution in [0.5, 0.6) is 0 Å². The molecule has 2 N–H and O–H groups in total. The molecule has 0 unspecified atom stereocenters. The van der Waals surface area contributed by atoms with E-state index in [1.165, 1.54) is 0 Å². The maximum absolute atomic E-state index is 12.7. The molecule has 1 amide bonds. The zero-order valence-corrected chi connectivity index (χ0v) is 15.7. The van der Waals surface area contributed by atoms with Gasteiger partial charge in [-0.1, -0.05) is 60.7 Å². The Morgan fingerprint density at radius 2 is 1.64 bits per heavy atom. The quantitative estimate of drug-likeness (QED) is 0.522. The highest BCUT2D eigenvalue weighted by Crippen LogP contribution is 2.21. The van der Waals surface area contributed by atoms with Gasteiger partial charge < -0.3 is 15.2 Å². The van der Waals surface area contributed by atoms with E-state index in [9.17, 15) is 4.79 Å². The molecule has 0 fully saturated rings. The van der Waals surface area contributed by atoms with Crippen molar-refractivity contribution < 1.29 is 4.79 Å². The zero-order chi connectivity index (χ0) is 19.3. The number of hydrogen-bond donors (Lipinski definition) is 2. The largest absolute Gasteiger partial charge is 0.352 e. The summed E-state index contributed by atoms with van der Waals surface area (Å²) in [6.07, 6.45) is 0. The summed E-state index contributed by atoms with van der Waals surface area (Å²) in [5.41, 5.74) is 4.81. The van der Waals surface area contributed by atoms with E-state index in [-0.39, 0.29) is 12.5 Å². The molecule has 1 aromatic heterocycles. The van der Waals surface area contributed by atoms with Crippen LogP contribution in [0.4, 0.5) is 11.6 Å². The van der Waals surface area contributed by atoms with Crippen molar-refractivity contribution in [2.45, 2.75) is 20.0 Å². The first-order valence-corrected chi connectivity index (χ1v) is 9.29. The van der Waals surface area contributed by atoms with Crippen molar-refractivity contribution in [3.63, 3.8) is 0 Å². The zero-order valence-electron chi connectivity index (χ0n) is 15.7. The van der Waals surface area contributed by atoms with Crippen molar-refractivity contribution in [3.8, 4) is 0 Å². The molecule has 0 atom stereocenters. The Labute approximate surface area is 164 Å². The average Bonchev–Trinajstić information content (AvgIpc) is 3.06. The van der Waals surface area contributed by atoms with Crippen molar-refractivity contribution >= 4 is 28.6 Å². The lowest BCUT2D eigenvalue weighted by Gasteiger charge is -2.12. The number of fused-ring (bicyclic) bond motifs is 1. The lowest BCUT2D eigenvalue weighted by atomic mass is 10.2. The normalized spacial score (nSPS) is 10.8. The van der Waals surface area contributed by atoms with E-state index in [0.29, 0.717) is 12.5 Å². The molecule has 3 aromatic carbocycles. The predicted octanol–water partition coefficient (Wildman–Crippen LogP) is 4.60. The molecule has 0 spiro atoms. The van der Waals surface area contributed by atoms with Gasteiger partial charge >= 0.3 is 0 Å². The van der Waals surface area contributed by atoms with Crippen LogP contribution in [0, 0.1) is 6.92 Å². The highest BCUT2D eigenvalue weighted by molar-refractivity contribution is 5.93. The molecule has 0 aliphatic carbocycles. The molecule has 28 heavy (non-hydrogen) atoms. The second kappa shape index (κ2) is 7.96. The third-order valence-electron chi connectivity index (χ3n) is 4.67. The Kier molecular flexibility index (Phi) is 5.06. The molecule has 0 bridgehead atoms. The molecule has 5 heteroatoms. The first-order valence-electron chi connectivity index (χ1n) is 9.29. The number of rotatable bonds is 6. The van der Waals surface area contributed by atoms with Crippen molar-refractivity contribution in [3.05, 3.63) is 90.0 Å². The van der Waals surface area contributed by atoms with Crippen molar-refractivity contribution in [2.75, 3.05) is 10.6 Å². The fourth-order valence-electron chi connectivity index (χ4n) is 3.19. The first kappa shape index (κ1) is 17.8. The summed E-state index contributed by atoms with van der Waals surface area (Å²) in [5, 5.41) is 6.37. The Hall–Kier alpha value is -3.60. The Balaban J connectivity index is 1.58. The van der Waals surface area contributed by atoms with Crippen LogP contribution < -0.4 is 10.6 Å². The van der Waals surface area contributed by atoms with Crippen LogP contribution in [0.1, 0.15) is 11.1 Å². The van der Waals surface area contributed by atoms with Gasteiger partial charge in [-0.15, -0.1) is 0 Å². The van der Waals surface area contributed by atoms with E-state index in [4.69, 9.17) is 0 Å². The summed E-state index contributed by atoms with van der Waals surface area (Å²) in [5.74, 6) is 0.602. The summed E-state index contributed by atoms with van der Waals surface area (Å²) < 4.78 is 1.92. The number of nitrogens with zero attached hydrogens (tertiary/aromatic N) is 2. The third-order valence-corrected chi connectivity index (χ3v) is 4.67. The van der Waals surface area contributed by atoms with E-state index >= 15 is 0 Å². The topological polar surface area (TPSA) is 59.0 Å². The average molecular weight is 370 g/mol. The summed E-state index contributed by atoms with van der Waals surface area (Å²) in [4.78, 5) is 17.4. The fraction of sp³-hybridized carbons (Fsp3) is 0.130. The van der Waals surface area contributed by atoms with Gasteiger partial charge in [0.1, 0.15) is 6.54 Å². The number of benzene rings is 3. The number of carbonyl (C=O) groups excluding carboxylic acids is 1. The number of anilines is 2. The minimum Gasteiger partial charge on any atom is -0.352 e. The number of para-hydroxylation sites is 3.